The molecule has 6 heteroatoms. The van der Waals surface area contributed by atoms with Gasteiger partial charge in [-0.05, 0) is 56.7 Å². The molecule has 1 aliphatic rings. The first-order valence-electron chi connectivity index (χ1n) is 10.1. The minimum atomic E-state index is 0. The van der Waals surface area contributed by atoms with Crippen LogP contribution in [0.4, 0.5) is 0 Å². The largest absolute Gasteiger partial charge is 1.00 e. The summed E-state index contributed by atoms with van der Waals surface area (Å²) in [4.78, 5) is 4.34. The van der Waals surface area contributed by atoms with Gasteiger partial charge >= 0.3 is 19.8 Å². The Morgan fingerprint density at radius 1 is 0.806 bits per heavy atom. The Bertz CT molecular complexity index is 877. The summed E-state index contributed by atoms with van der Waals surface area (Å²) in [5, 5.41) is 10.9. The maximum atomic E-state index is 4.34. The number of hydrogen-bond donors (Lipinski definition) is 0. The van der Waals surface area contributed by atoms with Gasteiger partial charge in [-0.2, -0.15) is 0 Å². The molecule has 0 fully saturated rings. The summed E-state index contributed by atoms with van der Waals surface area (Å²) in [7, 11) is 0.209. The second-order valence-corrected chi connectivity index (χ2v) is 11.9. The van der Waals surface area contributed by atoms with Gasteiger partial charge in [-0.15, -0.1) is 0 Å². The fraction of sp³-hybridized carbons (Fsp3) is 0.280. The van der Waals surface area contributed by atoms with Crippen molar-refractivity contribution in [3.8, 4) is 0 Å². The molecule has 0 amide bonds. The minimum absolute atomic E-state index is 0. The third-order valence-electron chi connectivity index (χ3n) is 4.32. The molecular weight excluding hydrogens is 594 g/mol. The smallest absolute Gasteiger partial charge is 0.574 e. The Balaban J connectivity index is 0.000000233. The normalized spacial score (nSPS) is 12.2. The topological polar surface area (TPSA) is 39.4 Å². The molecule has 1 aromatic heterocycles. The molecule has 0 aliphatic carbocycles. The molecule has 1 aliphatic heterocycles. The van der Waals surface area contributed by atoms with Crippen molar-refractivity contribution in [3.63, 3.8) is 0 Å². The molecule has 0 bridgehead atoms. The molecule has 0 N–H and O–H groups in total. The number of rotatable bonds is 3. The first-order valence-corrected chi connectivity index (χ1v) is 14.6. The molecule has 3 nitrogen and oxygen atoms in total. The van der Waals surface area contributed by atoms with E-state index in [2.05, 4.69) is 109 Å². The van der Waals surface area contributed by atoms with E-state index in [-0.39, 0.29) is 35.6 Å². The number of nitrogens with zero attached hydrogens (tertiary/aromatic N) is 3. The molecule has 0 saturated carbocycles. The van der Waals surface area contributed by atoms with Crippen LogP contribution in [0.2, 0.25) is 0 Å². The average Bonchev–Trinajstić information content (AvgIpc) is 3.23. The van der Waals surface area contributed by atoms with E-state index in [9.17, 15) is 0 Å². The second kappa shape index (κ2) is 15.4. The standard InChI is InChI=1S/C9H10N3.2C8H11P.Os/c1-7-6-9(12-11-7)8-4-2-3-5-10-8;2*1-9(2)8-6-4-3-5-7-8;/h2,4,6H,3,5H2,1H3;2*3-7H,1-2H3;/q-1;;;+1. The molecule has 2 heterocycles. The molecule has 3 aromatic rings. The number of aryl methyl sites for hydroxylation is 1. The van der Waals surface area contributed by atoms with Crippen LogP contribution < -0.4 is 15.7 Å². The van der Waals surface area contributed by atoms with Crippen LogP contribution in [0.1, 0.15) is 17.8 Å². The molecule has 1 radical (unpaired) electrons. The van der Waals surface area contributed by atoms with Gasteiger partial charge in [0, 0.05) is 18.0 Å². The summed E-state index contributed by atoms with van der Waals surface area (Å²) in [6.45, 7) is 11.9. The van der Waals surface area contributed by atoms with Gasteiger partial charge in [0.25, 0.3) is 0 Å². The van der Waals surface area contributed by atoms with Crippen LogP contribution in [0.5, 0.6) is 0 Å². The van der Waals surface area contributed by atoms with Crippen LogP contribution in [-0.2, 0) is 19.8 Å². The number of allylic oxidation sites excluding steroid dienone is 1. The third kappa shape index (κ3) is 10.6. The van der Waals surface area contributed by atoms with Crippen LogP contribution in [0, 0.1) is 6.92 Å². The van der Waals surface area contributed by atoms with Gasteiger partial charge in [0.2, 0.25) is 0 Å². The van der Waals surface area contributed by atoms with Crippen molar-refractivity contribution in [2.24, 2.45) is 4.99 Å². The van der Waals surface area contributed by atoms with Crippen molar-refractivity contribution in [3.05, 3.63) is 90.3 Å². The van der Waals surface area contributed by atoms with E-state index in [0.717, 1.165) is 30.1 Å². The van der Waals surface area contributed by atoms with Crippen molar-refractivity contribution in [2.75, 3.05) is 33.2 Å². The van der Waals surface area contributed by atoms with E-state index >= 15 is 0 Å². The first-order chi connectivity index (χ1) is 14.5. The Labute approximate surface area is 203 Å². The van der Waals surface area contributed by atoms with Gasteiger partial charge in [-0.25, -0.2) is 0 Å². The van der Waals surface area contributed by atoms with E-state index in [1.165, 1.54) is 10.6 Å². The van der Waals surface area contributed by atoms with E-state index < -0.39 is 0 Å². The summed E-state index contributed by atoms with van der Waals surface area (Å²) >= 11 is 0. The number of hydrogen-bond acceptors (Lipinski definition) is 2. The molecule has 4 rings (SSSR count). The van der Waals surface area contributed by atoms with E-state index in [1.54, 1.807) is 0 Å². The Kier molecular flexibility index (Phi) is 13.7. The average molecular weight is 627 g/mol. The second-order valence-electron chi connectivity index (χ2n) is 7.29. The summed E-state index contributed by atoms with van der Waals surface area (Å²) in [5.41, 5.74) is 2.80. The first kappa shape index (κ1) is 27.6. The fourth-order valence-corrected chi connectivity index (χ4v) is 4.18. The quantitative estimate of drug-likeness (QED) is 0.375. The molecule has 0 unspecified atom stereocenters. The molecule has 2 aromatic carbocycles. The van der Waals surface area contributed by atoms with E-state index in [4.69, 9.17) is 0 Å². The van der Waals surface area contributed by atoms with Crippen molar-refractivity contribution in [1.29, 1.82) is 0 Å². The van der Waals surface area contributed by atoms with Crippen molar-refractivity contribution in [2.45, 2.75) is 13.3 Å². The van der Waals surface area contributed by atoms with Gasteiger partial charge in [0.1, 0.15) is 0 Å². The Morgan fingerprint density at radius 3 is 1.65 bits per heavy atom. The van der Waals surface area contributed by atoms with Crippen molar-refractivity contribution < 1.29 is 19.8 Å². The van der Waals surface area contributed by atoms with Crippen LogP contribution in [0.15, 0.2) is 83.9 Å². The fourth-order valence-electron chi connectivity index (χ4n) is 2.64. The molecule has 31 heavy (non-hydrogen) atoms. The zero-order chi connectivity index (χ0) is 21.8. The number of benzene rings is 2. The maximum Gasteiger partial charge on any atom is 1.00 e. The summed E-state index contributed by atoms with van der Waals surface area (Å²) in [6.07, 6.45) is 5.16. The summed E-state index contributed by atoms with van der Waals surface area (Å²) in [5.74, 6) is 0. The van der Waals surface area contributed by atoms with Crippen LogP contribution in [0.25, 0.3) is 0 Å². The summed E-state index contributed by atoms with van der Waals surface area (Å²) in [6, 6.07) is 23.2. The maximum absolute atomic E-state index is 4.34. The molecule has 165 valence electrons. The SMILES string of the molecule is CP(C)c1ccccc1.CP(C)c1ccccc1.Cc1cc(C2=NCCC=C2)[n-]n1.[Os+]. The monoisotopic (exact) mass is 628 g/mol. The zero-order valence-electron chi connectivity index (χ0n) is 19.0. The van der Waals surface area contributed by atoms with Crippen molar-refractivity contribution in [1.82, 2.24) is 10.2 Å². The number of aromatic nitrogens is 2. The third-order valence-corrected chi connectivity index (χ3v) is 6.98. The number of dihydropyridines is 1. The van der Waals surface area contributed by atoms with Crippen molar-refractivity contribution >= 4 is 32.2 Å². The van der Waals surface area contributed by atoms with Gasteiger partial charge in [-0.1, -0.05) is 94.3 Å². The predicted octanol–water partition coefficient (Wildman–Crippen LogP) is 5.20. The molecule has 0 saturated heterocycles. The van der Waals surface area contributed by atoms with Crippen LogP contribution in [0.3, 0.4) is 0 Å². The predicted molar refractivity (Wildman–Crippen MR) is 137 cm³/mol. The van der Waals surface area contributed by atoms with Gasteiger partial charge in [0.05, 0.1) is 0 Å². The van der Waals surface area contributed by atoms with E-state index in [0.29, 0.717) is 0 Å². The van der Waals surface area contributed by atoms with Gasteiger partial charge in [-0.3, -0.25) is 4.99 Å². The van der Waals surface area contributed by atoms with Gasteiger partial charge < -0.3 is 10.2 Å². The van der Waals surface area contributed by atoms with E-state index in [1.807, 2.05) is 19.1 Å². The Morgan fingerprint density at radius 2 is 1.32 bits per heavy atom. The molecular formula is C25H32N3OsP2. The molecule has 0 spiro atoms. The van der Waals surface area contributed by atoms with Crippen LogP contribution >= 0.6 is 15.8 Å². The zero-order valence-corrected chi connectivity index (χ0v) is 23.3. The summed E-state index contributed by atoms with van der Waals surface area (Å²) < 4.78 is 0. The van der Waals surface area contributed by atoms with Gasteiger partial charge in [0.15, 0.2) is 0 Å². The number of aliphatic imine (C=N–C) groups is 1. The molecule has 0 atom stereocenters. The Hall–Kier alpha value is -1.44. The minimum Gasteiger partial charge on any atom is -0.574 e. The van der Waals surface area contributed by atoms with Crippen LogP contribution in [-0.4, -0.2) is 44.0 Å².